The van der Waals surface area contributed by atoms with Crippen molar-refractivity contribution in [1.29, 1.82) is 0 Å². The Morgan fingerprint density at radius 3 is 2.65 bits per heavy atom. The molecule has 0 bridgehead atoms. The maximum Gasteiger partial charge on any atom is 0.262 e. The van der Waals surface area contributed by atoms with Crippen molar-refractivity contribution in [3.63, 3.8) is 0 Å². The van der Waals surface area contributed by atoms with Gasteiger partial charge in [0.05, 0.1) is 4.47 Å². The summed E-state index contributed by atoms with van der Waals surface area (Å²) in [5.41, 5.74) is 8.14. The van der Waals surface area contributed by atoms with E-state index < -0.39 is 0 Å². The maximum absolute atomic E-state index is 11.8. The van der Waals surface area contributed by atoms with Gasteiger partial charge in [0.2, 0.25) is 0 Å². The number of anilines is 2. The van der Waals surface area contributed by atoms with Gasteiger partial charge in [-0.15, -0.1) is 0 Å². The first-order valence-electron chi connectivity index (χ1n) is 6.09. The molecule has 104 valence electrons. The topological polar surface area (TPSA) is 64.3 Å². The first-order chi connectivity index (χ1) is 9.54. The summed E-state index contributed by atoms with van der Waals surface area (Å²) in [6.45, 7) is 1.92. The average Bonchev–Trinajstić information content (AvgIpc) is 2.42. The van der Waals surface area contributed by atoms with Gasteiger partial charge in [-0.25, -0.2) is 0 Å². The zero-order valence-corrected chi connectivity index (χ0v) is 12.6. The van der Waals surface area contributed by atoms with E-state index >= 15 is 0 Å². The van der Waals surface area contributed by atoms with Crippen LogP contribution >= 0.6 is 15.9 Å². The molecule has 0 saturated carbocycles. The number of hydrogen-bond donors (Lipinski definition) is 2. The minimum absolute atomic E-state index is 0.0735. The number of nitrogens with one attached hydrogen (secondary N) is 1. The molecule has 0 aliphatic carbocycles. The molecule has 0 spiro atoms. The lowest BCUT2D eigenvalue weighted by molar-refractivity contribution is -0.118. The molecular formula is C15H15BrN2O2. The number of hydrogen-bond acceptors (Lipinski definition) is 3. The molecule has 0 atom stereocenters. The predicted octanol–water partition coefficient (Wildman–Crippen LogP) is 3.36. The predicted molar refractivity (Wildman–Crippen MR) is 83.9 cm³/mol. The van der Waals surface area contributed by atoms with Crippen molar-refractivity contribution < 1.29 is 9.53 Å². The van der Waals surface area contributed by atoms with Crippen molar-refractivity contribution in [2.75, 3.05) is 17.7 Å². The van der Waals surface area contributed by atoms with Crippen molar-refractivity contribution >= 4 is 33.2 Å². The highest BCUT2D eigenvalue weighted by atomic mass is 79.9. The Labute approximate surface area is 126 Å². The number of nitrogen functional groups attached to an aromatic ring is 1. The molecule has 2 aromatic rings. The highest BCUT2D eigenvalue weighted by Gasteiger charge is 2.06. The Balaban J connectivity index is 1.92. The fraction of sp³-hybridized carbons (Fsp3) is 0.133. The molecule has 0 aliphatic heterocycles. The van der Waals surface area contributed by atoms with E-state index in [1.807, 2.05) is 31.2 Å². The minimum atomic E-state index is -0.219. The Morgan fingerprint density at radius 1 is 1.25 bits per heavy atom. The average molecular weight is 335 g/mol. The molecule has 0 unspecified atom stereocenters. The van der Waals surface area contributed by atoms with Crippen LogP contribution in [0.1, 0.15) is 5.56 Å². The Kier molecular flexibility index (Phi) is 4.63. The Hall–Kier alpha value is -2.01. The molecule has 3 N–H and O–H groups in total. The molecule has 0 saturated heterocycles. The van der Waals surface area contributed by atoms with Gasteiger partial charge in [-0.3, -0.25) is 4.79 Å². The number of aryl methyl sites for hydroxylation is 1. The molecule has 0 aliphatic rings. The second kappa shape index (κ2) is 6.43. The minimum Gasteiger partial charge on any atom is -0.483 e. The number of nitrogens with two attached hydrogens (primary N) is 1. The van der Waals surface area contributed by atoms with E-state index in [0.717, 1.165) is 15.7 Å². The van der Waals surface area contributed by atoms with Crippen LogP contribution in [0.5, 0.6) is 5.75 Å². The van der Waals surface area contributed by atoms with Gasteiger partial charge in [-0.05, 0) is 47.1 Å². The molecule has 2 rings (SSSR count). The van der Waals surface area contributed by atoms with Crippen LogP contribution in [0.3, 0.4) is 0 Å². The molecule has 2 aromatic carbocycles. The second-order valence-electron chi connectivity index (χ2n) is 4.39. The number of rotatable bonds is 4. The Morgan fingerprint density at radius 2 is 1.95 bits per heavy atom. The number of carbonyl (C=O) groups excluding carboxylic acids is 1. The quantitative estimate of drug-likeness (QED) is 0.842. The van der Waals surface area contributed by atoms with E-state index in [1.165, 1.54) is 0 Å². The first kappa shape index (κ1) is 14.4. The summed E-state index contributed by atoms with van der Waals surface area (Å²) in [6, 6.07) is 12.8. The fourth-order valence-electron chi connectivity index (χ4n) is 1.61. The third-order valence-electron chi connectivity index (χ3n) is 2.65. The van der Waals surface area contributed by atoms with E-state index in [1.54, 1.807) is 18.2 Å². The third kappa shape index (κ3) is 3.99. The lowest BCUT2D eigenvalue weighted by atomic mass is 10.2. The van der Waals surface area contributed by atoms with Crippen LogP contribution in [-0.4, -0.2) is 12.5 Å². The smallest absolute Gasteiger partial charge is 0.262 e. The number of carbonyl (C=O) groups is 1. The third-order valence-corrected chi connectivity index (χ3v) is 3.30. The zero-order valence-electron chi connectivity index (χ0n) is 11.0. The molecule has 4 nitrogen and oxygen atoms in total. The van der Waals surface area contributed by atoms with Gasteiger partial charge in [-0.2, -0.15) is 0 Å². The van der Waals surface area contributed by atoms with E-state index in [9.17, 15) is 4.79 Å². The summed E-state index contributed by atoms with van der Waals surface area (Å²) >= 11 is 3.34. The van der Waals surface area contributed by atoms with Gasteiger partial charge in [0.25, 0.3) is 5.91 Å². The van der Waals surface area contributed by atoms with Gasteiger partial charge in [-0.1, -0.05) is 17.7 Å². The highest BCUT2D eigenvalue weighted by molar-refractivity contribution is 9.10. The molecule has 0 heterocycles. The van der Waals surface area contributed by atoms with Crippen LogP contribution in [0.25, 0.3) is 0 Å². The molecule has 1 amide bonds. The van der Waals surface area contributed by atoms with E-state index in [0.29, 0.717) is 11.4 Å². The second-order valence-corrected chi connectivity index (χ2v) is 5.25. The molecule has 0 fully saturated rings. The molecular weight excluding hydrogens is 320 g/mol. The summed E-state index contributed by atoms with van der Waals surface area (Å²) < 4.78 is 6.20. The number of benzene rings is 2. The summed E-state index contributed by atoms with van der Waals surface area (Å²) in [7, 11) is 0. The van der Waals surface area contributed by atoms with Crippen LogP contribution < -0.4 is 15.8 Å². The molecule has 5 heteroatoms. The van der Waals surface area contributed by atoms with Gasteiger partial charge in [0, 0.05) is 17.4 Å². The normalized spacial score (nSPS) is 10.1. The standard InChI is InChI=1S/C15H15BrN2O2/c1-10-2-5-12(6-3-10)18-15(19)9-20-14-8-11(17)4-7-13(14)16/h2-8H,9,17H2,1H3,(H,18,19). The first-order valence-corrected chi connectivity index (χ1v) is 6.88. The lowest BCUT2D eigenvalue weighted by Gasteiger charge is -2.09. The molecule has 0 radical (unpaired) electrons. The summed E-state index contributed by atoms with van der Waals surface area (Å²) in [5.74, 6) is 0.326. The van der Waals surface area contributed by atoms with Gasteiger partial charge in [0.15, 0.2) is 6.61 Å². The SMILES string of the molecule is Cc1ccc(NC(=O)COc2cc(N)ccc2Br)cc1. The van der Waals surface area contributed by atoms with Crippen molar-refractivity contribution in [2.45, 2.75) is 6.92 Å². The number of amides is 1. The maximum atomic E-state index is 11.8. The number of ether oxygens (including phenoxy) is 1. The van der Waals surface area contributed by atoms with E-state index in [-0.39, 0.29) is 12.5 Å². The van der Waals surface area contributed by atoms with Crippen LogP contribution in [0.2, 0.25) is 0 Å². The molecule has 20 heavy (non-hydrogen) atoms. The molecule has 0 aromatic heterocycles. The van der Waals surface area contributed by atoms with Gasteiger partial charge < -0.3 is 15.8 Å². The van der Waals surface area contributed by atoms with Crippen molar-refractivity contribution in [3.05, 3.63) is 52.5 Å². The summed E-state index contributed by atoms with van der Waals surface area (Å²) in [5, 5.41) is 2.76. The van der Waals surface area contributed by atoms with Gasteiger partial charge in [0.1, 0.15) is 5.75 Å². The van der Waals surface area contributed by atoms with Crippen LogP contribution in [0.15, 0.2) is 46.9 Å². The largest absolute Gasteiger partial charge is 0.483 e. The number of halogens is 1. The van der Waals surface area contributed by atoms with Crippen molar-refractivity contribution in [3.8, 4) is 5.75 Å². The van der Waals surface area contributed by atoms with Crippen molar-refractivity contribution in [2.24, 2.45) is 0 Å². The zero-order chi connectivity index (χ0) is 14.5. The monoisotopic (exact) mass is 334 g/mol. The van der Waals surface area contributed by atoms with Gasteiger partial charge >= 0.3 is 0 Å². The fourth-order valence-corrected chi connectivity index (χ4v) is 1.97. The van der Waals surface area contributed by atoms with E-state index in [4.69, 9.17) is 10.5 Å². The summed E-state index contributed by atoms with van der Waals surface area (Å²) in [4.78, 5) is 11.8. The highest BCUT2D eigenvalue weighted by Crippen LogP contribution is 2.26. The Bertz CT molecular complexity index is 612. The lowest BCUT2D eigenvalue weighted by Crippen LogP contribution is -2.20. The summed E-state index contributed by atoms with van der Waals surface area (Å²) in [6.07, 6.45) is 0. The van der Waals surface area contributed by atoms with E-state index in [2.05, 4.69) is 21.2 Å². The van der Waals surface area contributed by atoms with Crippen LogP contribution in [-0.2, 0) is 4.79 Å². The van der Waals surface area contributed by atoms with Crippen LogP contribution in [0.4, 0.5) is 11.4 Å². The van der Waals surface area contributed by atoms with Crippen LogP contribution in [0, 0.1) is 6.92 Å². The van der Waals surface area contributed by atoms with Crippen molar-refractivity contribution in [1.82, 2.24) is 0 Å².